The first-order valence-electron chi connectivity index (χ1n) is 8.10. The van der Waals surface area contributed by atoms with Crippen molar-refractivity contribution in [3.05, 3.63) is 22.6 Å². The Balaban J connectivity index is 2.22. The Morgan fingerprint density at radius 1 is 1.39 bits per heavy atom. The van der Waals surface area contributed by atoms with Crippen LogP contribution in [0.25, 0.3) is 0 Å². The van der Waals surface area contributed by atoms with Crippen LogP contribution in [-0.2, 0) is 6.42 Å². The van der Waals surface area contributed by atoms with E-state index in [9.17, 15) is 14.7 Å². The van der Waals surface area contributed by atoms with Crippen molar-refractivity contribution in [1.29, 1.82) is 0 Å². The summed E-state index contributed by atoms with van der Waals surface area (Å²) >= 11 is 0. The van der Waals surface area contributed by atoms with Crippen LogP contribution in [-0.4, -0.2) is 28.9 Å². The quantitative estimate of drug-likeness (QED) is 0.893. The fourth-order valence-electron chi connectivity index (χ4n) is 2.84. The SMILES string of the molecule is Cc1c(C(=O)NCC(C)(O)C(C)C)oc2c1C(=O)CC(C)(C)C2. The molecule has 0 saturated heterocycles. The molecule has 0 bridgehead atoms. The normalized spacial score (nSPS) is 19.4. The zero-order valence-electron chi connectivity index (χ0n) is 14.9. The highest BCUT2D eigenvalue weighted by molar-refractivity contribution is 6.03. The Kier molecular flexibility index (Phi) is 4.46. The maximum atomic E-state index is 12.4. The van der Waals surface area contributed by atoms with E-state index in [1.165, 1.54) is 0 Å². The Morgan fingerprint density at radius 2 is 2.00 bits per heavy atom. The molecule has 1 atom stereocenters. The average Bonchev–Trinajstić information content (AvgIpc) is 2.71. The van der Waals surface area contributed by atoms with Gasteiger partial charge in [0.15, 0.2) is 11.5 Å². The monoisotopic (exact) mass is 321 g/mol. The van der Waals surface area contributed by atoms with Gasteiger partial charge in [0.2, 0.25) is 0 Å². The van der Waals surface area contributed by atoms with E-state index >= 15 is 0 Å². The van der Waals surface area contributed by atoms with Crippen LogP contribution in [0, 0.1) is 18.3 Å². The van der Waals surface area contributed by atoms with E-state index in [4.69, 9.17) is 4.42 Å². The first-order valence-corrected chi connectivity index (χ1v) is 8.10. The fourth-order valence-corrected chi connectivity index (χ4v) is 2.84. The fraction of sp³-hybridized carbons (Fsp3) is 0.667. The lowest BCUT2D eigenvalue weighted by Gasteiger charge is -2.27. The number of carbonyl (C=O) groups is 2. The van der Waals surface area contributed by atoms with Gasteiger partial charge in [0.05, 0.1) is 11.2 Å². The van der Waals surface area contributed by atoms with Gasteiger partial charge in [-0.25, -0.2) is 0 Å². The van der Waals surface area contributed by atoms with Gasteiger partial charge in [-0.3, -0.25) is 9.59 Å². The van der Waals surface area contributed by atoms with Gasteiger partial charge in [-0.15, -0.1) is 0 Å². The van der Waals surface area contributed by atoms with Crippen molar-refractivity contribution in [3.63, 3.8) is 0 Å². The molecule has 1 aliphatic carbocycles. The Hall–Kier alpha value is -1.62. The van der Waals surface area contributed by atoms with Gasteiger partial charge in [0, 0.05) is 24.9 Å². The van der Waals surface area contributed by atoms with Crippen LogP contribution in [0.5, 0.6) is 0 Å². The zero-order chi connectivity index (χ0) is 17.6. The van der Waals surface area contributed by atoms with Crippen LogP contribution in [0.2, 0.25) is 0 Å². The Labute approximate surface area is 137 Å². The third-order valence-electron chi connectivity index (χ3n) is 4.83. The largest absolute Gasteiger partial charge is 0.455 e. The maximum absolute atomic E-state index is 12.4. The van der Waals surface area contributed by atoms with E-state index in [-0.39, 0.29) is 35.3 Å². The molecule has 0 aromatic carbocycles. The van der Waals surface area contributed by atoms with Crippen LogP contribution in [0.3, 0.4) is 0 Å². The van der Waals surface area contributed by atoms with E-state index in [0.29, 0.717) is 29.7 Å². The number of Topliss-reactive ketones (excluding diaryl/α,β-unsaturated/α-hetero) is 1. The second kappa shape index (κ2) is 5.78. The number of ketones is 1. The second-order valence-electron chi connectivity index (χ2n) is 7.99. The van der Waals surface area contributed by atoms with Crippen molar-refractivity contribution in [2.45, 2.75) is 60.0 Å². The lowest BCUT2D eigenvalue weighted by Crippen LogP contribution is -2.44. The zero-order valence-corrected chi connectivity index (χ0v) is 14.9. The van der Waals surface area contributed by atoms with Crippen LogP contribution in [0.1, 0.15) is 73.3 Å². The number of aliphatic hydroxyl groups is 1. The summed E-state index contributed by atoms with van der Waals surface area (Å²) in [6, 6.07) is 0. The molecule has 5 nitrogen and oxygen atoms in total. The number of nitrogens with one attached hydrogen (secondary N) is 1. The van der Waals surface area contributed by atoms with E-state index in [1.807, 2.05) is 27.7 Å². The molecule has 2 rings (SSSR count). The predicted octanol–water partition coefficient (Wildman–Crippen LogP) is 2.88. The summed E-state index contributed by atoms with van der Waals surface area (Å²) in [6.07, 6.45) is 1.11. The minimum atomic E-state index is -0.992. The smallest absolute Gasteiger partial charge is 0.287 e. The number of carbonyl (C=O) groups excluding carboxylic acids is 2. The first kappa shape index (κ1) is 17.7. The van der Waals surface area contributed by atoms with Crippen molar-refractivity contribution < 1.29 is 19.1 Å². The molecule has 1 aromatic rings. The summed E-state index contributed by atoms with van der Waals surface area (Å²) in [5.74, 6) is 0.440. The number of fused-ring (bicyclic) bond motifs is 1. The highest BCUT2D eigenvalue weighted by Crippen LogP contribution is 2.38. The lowest BCUT2D eigenvalue weighted by atomic mass is 9.76. The molecule has 1 heterocycles. The predicted molar refractivity (Wildman–Crippen MR) is 87.7 cm³/mol. The van der Waals surface area contributed by atoms with Gasteiger partial charge in [-0.1, -0.05) is 27.7 Å². The van der Waals surface area contributed by atoms with Crippen molar-refractivity contribution in [3.8, 4) is 0 Å². The lowest BCUT2D eigenvalue weighted by molar-refractivity contribution is 0.0139. The van der Waals surface area contributed by atoms with Gasteiger partial charge in [0.1, 0.15) is 5.76 Å². The number of amides is 1. The van der Waals surface area contributed by atoms with Crippen molar-refractivity contribution in [2.75, 3.05) is 6.54 Å². The number of hydrogen-bond donors (Lipinski definition) is 2. The summed E-state index contributed by atoms with van der Waals surface area (Å²) in [5.41, 5.74) is 0.0177. The summed E-state index contributed by atoms with van der Waals surface area (Å²) < 4.78 is 5.72. The molecule has 0 spiro atoms. The molecule has 5 heteroatoms. The van der Waals surface area contributed by atoms with Crippen LogP contribution in [0.15, 0.2) is 4.42 Å². The molecule has 1 unspecified atom stereocenters. The molecule has 128 valence electrons. The Bertz CT molecular complexity index is 638. The number of rotatable bonds is 4. The van der Waals surface area contributed by atoms with Crippen molar-refractivity contribution in [1.82, 2.24) is 5.32 Å². The van der Waals surface area contributed by atoms with E-state index in [0.717, 1.165) is 0 Å². The third kappa shape index (κ3) is 3.50. The Morgan fingerprint density at radius 3 is 2.57 bits per heavy atom. The van der Waals surface area contributed by atoms with Crippen molar-refractivity contribution in [2.24, 2.45) is 11.3 Å². The molecule has 23 heavy (non-hydrogen) atoms. The average molecular weight is 321 g/mol. The maximum Gasteiger partial charge on any atom is 0.287 e. The van der Waals surface area contributed by atoms with Gasteiger partial charge in [0.25, 0.3) is 5.91 Å². The second-order valence-corrected chi connectivity index (χ2v) is 7.99. The molecule has 1 aromatic heterocycles. The molecule has 1 amide bonds. The minimum Gasteiger partial charge on any atom is -0.455 e. The standard InChI is InChI=1S/C18H27NO4/c1-10(2)18(6,22)9-19-16(21)15-11(3)14-12(20)7-17(4,5)8-13(14)23-15/h10,22H,7-9H2,1-6H3,(H,19,21). The molecule has 2 N–H and O–H groups in total. The topological polar surface area (TPSA) is 79.5 Å². The molecule has 0 radical (unpaired) electrons. The molecule has 1 aliphatic rings. The van der Waals surface area contributed by atoms with Gasteiger partial charge < -0.3 is 14.8 Å². The first-order chi connectivity index (χ1) is 10.4. The summed E-state index contributed by atoms with van der Waals surface area (Å²) in [4.78, 5) is 24.7. The van der Waals surface area contributed by atoms with Crippen molar-refractivity contribution >= 4 is 11.7 Å². The summed E-state index contributed by atoms with van der Waals surface area (Å²) in [6.45, 7) is 11.4. The van der Waals surface area contributed by atoms with E-state index in [2.05, 4.69) is 5.32 Å². The summed E-state index contributed by atoms with van der Waals surface area (Å²) in [7, 11) is 0. The third-order valence-corrected chi connectivity index (χ3v) is 4.83. The summed E-state index contributed by atoms with van der Waals surface area (Å²) in [5, 5.41) is 12.9. The molecular weight excluding hydrogens is 294 g/mol. The molecule has 0 saturated carbocycles. The molecule has 0 fully saturated rings. The minimum absolute atomic E-state index is 0.0103. The number of hydrogen-bond acceptors (Lipinski definition) is 4. The van der Waals surface area contributed by atoms with Crippen LogP contribution in [0.4, 0.5) is 0 Å². The number of furan rings is 1. The van der Waals surface area contributed by atoms with E-state index < -0.39 is 5.60 Å². The van der Waals surface area contributed by atoms with E-state index in [1.54, 1.807) is 13.8 Å². The van der Waals surface area contributed by atoms with Gasteiger partial charge in [-0.2, -0.15) is 0 Å². The van der Waals surface area contributed by atoms with Gasteiger partial charge >= 0.3 is 0 Å². The molecular formula is C18H27NO4. The molecule has 0 aliphatic heterocycles. The van der Waals surface area contributed by atoms with Crippen LogP contribution < -0.4 is 5.32 Å². The highest BCUT2D eigenvalue weighted by atomic mass is 16.4. The van der Waals surface area contributed by atoms with Crippen LogP contribution >= 0.6 is 0 Å². The van der Waals surface area contributed by atoms with Gasteiger partial charge in [-0.05, 0) is 25.2 Å². The highest BCUT2D eigenvalue weighted by Gasteiger charge is 2.37.